The van der Waals surface area contributed by atoms with Crippen molar-refractivity contribution < 1.29 is 18.3 Å². The number of benzene rings is 2. The van der Waals surface area contributed by atoms with Crippen molar-refractivity contribution in [2.75, 3.05) is 20.2 Å². The highest BCUT2D eigenvalue weighted by Crippen LogP contribution is 2.49. The first-order chi connectivity index (χ1) is 11.6. The molecular formula is C19H19F2NO2. The van der Waals surface area contributed by atoms with Crippen LogP contribution in [-0.2, 0) is 4.79 Å². The van der Waals surface area contributed by atoms with Crippen LogP contribution in [0.15, 0.2) is 48.5 Å². The molecule has 0 saturated heterocycles. The van der Waals surface area contributed by atoms with Crippen molar-refractivity contribution in [1.29, 1.82) is 0 Å². The highest BCUT2D eigenvalue weighted by Gasteiger charge is 2.46. The molecule has 2 atom stereocenters. The molecular weight excluding hydrogens is 312 g/mol. The summed E-state index contributed by atoms with van der Waals surface area (Å²) in [6.45, 7) is 0.563. The molecule has 24 heavy (non-hydrogen) atoms. The fraction of sp³-hybridized carbons (Fsp3) is 0.316. The van der Waals surface area contributed by atoms with E-state index in [1.165, 1.54) is 12.1 Å². The minimum atomic E-state index is -0.423. The molecule has 0 radical (unpaired) electrons. The minimum Gasteiger partial charge on any atom is -0.489 e. The van der Waals surface area contributed by atoms with Gasteiger partial charge in [0.05, 0.1) is 6.54 Å². The zero-order valence-corrected chi connectivity index (χ0v) is 13.4. The van der Waals surface area contributed by atoms with Crippen LogP contribution in [0.5, 0.6) is 5.75 Å². The van der Waals surface area contributed by atoms with Gasteiger partial charge >= 0.3 is 0 Å². The van der Waals surface area contributed by atoms with E-state index in [-0.39, 0.29) is 35.9 Å². The van der Waals surface area contributed by atoms with Gasteiger partial charge in [-0.15, -0.1) is 0 Å². The van der Waals surface area contributed by atoms with Crippen molar-refractivity contribution in [2.45, 2.75) is 12.3 Å². The predicted molar refractivity (Wildman–Crippen MR) is 86.8 cm³/mol. The van der Waals surface area contributed by atoms with Crippen LogP contribution in [0.3, 0.4) is 0 Å². The minimum absolute atomic E-state index is 0.0274. The summed E-state index contributed by atoms with van der Waals surface area (Å²) in [6, 6.07) is 12.7. The number of hydrogen-bond donors (Lipinski definition) is 0. The molecule has 2 aromatic carbocycles. The van der Waals surface area contributed by atoms with Gasteiger partial charge in [-0.2, -0.15) is 0 Å². The van der Waals surface area contributed by atoms with Crippen molar-refractivity contribution in [3.05, 3.63) is 65.7 Å². The molecule has 0 spiro atoms. The van der Waals surface area contributed by atoms with Crippen molar-refractivity contribution in [2.24, 2.45) is 5.92 Å². The van der Waals surface area contributed by atoms with Gasteiger partial charge in [-0.05, 0) is 36.1 Å². The van der Waals surface area contributed by atoms with Gasteiger partial charge in [0.15, 0.2) is 11.6 Å². The number of amides is 1. The third kappa shape index (κ3) is 3.55. The van der Waals surface area contributed by atoms with Gasteiger partial charge in [-0.3, -0.25) is 4.79 Å². The molecule has 0 bridgehead atoms. The maximum atomic E-state index is 13.8. The van der Waals surface area contributed by atoms with Gasteiger partial charge in [-0.1, -0.05) is 30.3 Å². The summed E-state index contributed by atoms with van der Waals surface area (Å²) < 4.78 is 32.6. The number of nitrogens with zero attached hydrogens (tertiary/aromatic N) is 1. The summed E-state index contributed by atoms with van der Waals surface area (Å²) in [7, 11) is 1.68. The highest BCUT2D eigenvalue weighted by molar-refractivity contribution is 5.82. The molecule has 1 saturated carbocycles. The van der Waals surface area contributed by atoms with Crippen molar-refractivity contribution >= 4 is 5.91 Å². The van der Waals surface area contributed by atoms with E-state index in [1.807, 2.05) is 0 Å². The molecule has 2 unspecified atom stereocenters. The first-order valence-corrected chi connectivity index (χ1v) is 7.94. The Morgan fingerprint density at radius 1 is 1.12 bits per heavy atom. The van der Waals surface area contributed by atoms with Gasteiger partial charge < -0.3 is 9.64 Å². The van der Waals surface area contributed by atoms with Gasteiger partial charge in [-0.25, -0.2) is 8.78 Å². The summed E-state index contributed by atoms with van der Waals surface area (Å²) in [5.74, 6) is -0.764. The molecule has 0 N–H and O–H groups in total. The van der Waals surface area contributed by atoms with E-state index in [2.05, 4.69) is 0 Å². The van der Waals surface area contributed by atoms with Crippen molar-refractivity contribution in [3.63, 3.8) is 0 Å². The second-order valence-electron chi connectivity index (χ2n) is 6.01. The van der Waals surface area contributed by atoms with Gasteiger partial charge in [0.2, 0.25) is 5.91 Å². The van der Waals surface area contributed by atoms with Crippen molar-refractivity contribution in [3.8, 4) is 5.75 Å². The Bertz CT molecular complexity index is 735. The average Bonchev–Trinajstić information content (AvgIpc) is 3.36. The number of para-hydroxylation sites is 1. The summed E-state index contributed by atoms with van der Waals surface area (Å²) in [4.78, 5) is 13.9. The van der Waals surface area contributed by atoms with Crippen LogP contribution < -0.4 is 4.74 Å². The first-order valence-electron chi connectivity index (χ1n) is 7.94. The molecule has 1 aliphatic carbocycles. The van der Waals surface area contributed by atoms with Gasteiger partial charge in [0.1, 0.15) is 12.4 Å². The molecule has 3 nitrogen and oxygen atoms in total. The van der Waals surface area contributed by atoms with E-state index in [1.54, 1.807) is 48.3 Å². The Morgan fingerprint density at radius 2 is 1.79 bits per heavy atom. The summed E-state index contributed by atoms with van der Waals surface area (Å²) in [5.41, 5.74) is 0.604. The Hall–Kier alpha value is -2.43. The number of likely N-dealkylation sites (N-methyl/N-ethyl adjacent to an activating group) is 1. The SMILES string of the molecule is CN(CCOc1ccccc1F)C(=O)C1CC1c1ccccc1F. The topological polar surface area (TPSA) is 29.5 Å². The summed E-state index contributed by atoms with van der Waals surface area (Å²) in [6.07, 6.45) is 0.665. The fourth-order valence-electron chi connectivity index (χ4n) is 2.84. The van der Waals surface area contributed by atoms with Crippen LogP contribution in [0.25, 0.3) is 0 Å². The van der Waals surface area contributed by atoms with E-state index >= 15 is 0 Å². The van der Waals surface area contributed by atoms with Crippen LogP contribution >= 0.6 is 0 Å². The zero-order chi connectivity index (χ0) is 17.1. The second kappa shape index (κ2) is 6.99. The first kappa shape index (κ1) is 16.4. The molecule has 126 valence electrons. The van der Waals surface area contributed by atoms with Crippen LogP contribution in [0, 0.1) is 17.6 Å². The summed E-state index contributed by atoms with van der Waals surface area (Å²) in [5, 5.41) is 0. The smallest absolute Gasteiger partial charge is 0.226 e. The lowest BCUT2D eigenvalue weighted by atomic mass is 10.1. The normalized spacial score (nSPS) is 19.0. The van der Waals surface area contributed by atoms with Crippen LogP contribution in [0.4, 0.5) is 8.78 Å². The molecule has 0 aliphatic heterocycles. The average molecular weight is 331 g/mol. The van der Waals surface area contributed by atoms with E-state index in [0.29, 0.717) is 18.5 Å². The monoisotopic (exact) mass is 331 g/mol. The lowest BCUT2D eigenvalue weighted by molar-refractivity contribution is -0.131. The molecule has 5 heteroatoms. The zero-order valence-electron chi connectivity index (χ0n) is 13.4. The predicted octanol–water partition coefficient (Wildman–Crippen LogP) is 3.61. The van der Waals surface area contributed by atoms with Crippen molar-refractivity contribution in [1.82, 2.24) is 4.90 Å². The Morgan fingerprint density at radius 3 is 2.50 bits per heavy atom. The maximum Gasteiger partial charge on any atom is 0.226 e. The number of carbonyl (C=O) groups excluding carboxylic acids is 1. The van der Waals surface area contributed by atoms with Gasteiger partial charge in [0.25, 0.3) is 0 Å². The molecule has 3 rings (SSSR count). The molecule has 1 fully saturated rings. The second-order valence-corrected chi connectivity index (χ2v) is 6.01. The van der Waals surface area contributed by atoms with E-state index in [0.717, 1.165) is 0 Å². The maximum absolute atomic E-state index is 13.8. The van der Waals surface area contributed by atoms with Crippen LogP contribution in [0.1, 0.15) is 17.9 Å². The molecule has 1 amide bonds. The van der Waals surface area contributed by atoms with Crippen LogP contribution in [0.2, 0.25) is 0 Å². The number of carbonyl (C=O) groups is 1. The Balaban J connectivity index is 1.50. The number of halogens is 2. The molecule has 0 heterocycles. The highest BCUT2D eigenvalue weighted by atomic mass is 19.1. The lowest BCUT2D eigenvalue weighted by Gasteiger charge is -2.18. The number of rotatable bonds is 6. The van der Waals surface area contributed by atoms with E-state index in [9.17, 15) is 13.6 Å². The quantitative estimate of drug-likeness (QED) is 0.809. The largest absolute Gasteiger partial charge is 0.489 e. The fourth-order valence-corrected chi connectivity index (χ4v) is 2.84. The standard InChI is InChI=1S/C19H19F2NO2/c1-22(10-11-24-18-9-5-4-8-17(18)21)19(23)15-12-14(15)13-6-2-3-7-16(13)20/h2-9,14-15H,10-12H2,1H3. The third-order valence-electron chi connectivity index (χ3n) is 4.31. The summed E-state index contributed by atoms with van der Waals surface area (Å²) >= 11 is 0. The molecule has 1 aliphatic rings. The number of ether oxygens (including phenoxy) is 1. The molecule has 2 aromatic rings. The number of hydrogen-bond acceptors (Lipinski definition) is 2. The third-order valence-corrected chi connectivity index (χ3v) is 4.31. The van der Waals surface area contributed by atoms with Crippen LogP contribution in [-0.4, -0.2) is 31.0 Å². The van der Waals surface area contributed by atoms with Gasteiger partial charge in [0, 0.05) is 13.0 Å². The van der Waals surface area contributed by atoms with E-state index < -0.39 is 5.82 Å². The Labute approximate surface area is 139 Å². The van der Waals surface area contributed by atoms with E-state index in [4.69, 9.17) is 4.74 Å². The molecule has 0 aromatic heterocycles. The Kier molecular flexibility index (Phi) is 4.79. The lowest BCUT2D eigenvalue weighted by Crippen LogP contribution is -2.32.